The molecule has 0 spiro atoms. The van der Waals surface area contributed by atoms with E-state index < -0.39 is 29.4 Å². The summed E-state index contributed by atoms with van der Waals surface area (Å²) in [7, 11) is 0. The summed E-state index contributed by atoms with van der Waals surface area (Å²) in [5.74, 6) is 0.0753. The van der Waals surface area contributed by atoms with Crippen LogP contribution in [0.2, 0.25) is 0 Å². The molecule has 12 rings (SSSR count). The summed E-state index contributed by atoms with van der Waals surface area (Å²) in [4.78, 5) is 69.8. The van der Waals surface area contributed by atoms with Crippen LogP contribution in [-0.2, 0) is 40.2 Å². The summed E-state index contributed by atoms with van der Waals surface area (Å²) in [6, 6.07) is 23.2. The van der Waals surface area contributed by atoms with Gasteiger partial charge >= 0.3 is 36.3 Å². The Balaban J connectivity index is 0.000000184. The number of nitrogens with one attached hydrogen (secondary N) is 1. The molecule has 4 aromatic carbocycles. The predicted octanol–water partition coefficient (Wildman–Crippen LogP) is 8.97. The van der Waals surface area contributed by atoms with E-state index in [4.69, 9.17) is 38.9 Å². The van der Waals surface area contributed by atoms with Gasteiger partial charge in [0.25, 0.3) is 0 Å². The predicted molar refractivity (Wildman–Crippen MR) is 328 cm³/mol. The first-order valence-corrected chi connectivity index (χ1v) is 30.6. The van der Waals surface area contributed by atoms with Gasteiger partial charge in [-0.2, -0.15) is 33.1 Å². The van der Waals surface area contributed by atoms with E-state index in [2.05, 4.69) is 26.1 Å². The number of aromatic hydroxyl groups is 2. The first kappa shape index (κ1) is 61.4. The fraction of sp³-hybridized carbons (Fsp3) is 0.516. The standard InChI is InChI=1S/C33H39F3N6O5.C31H40N6O4/c1-32(2,3)47-31(45)42-11-6-8-22(42)20-46-30-37-26-19-41(27-18-23(43)17-21-7-4-5-9-24(21)27)12-10-25(26)28(38-30)39-13-15-40(16-14-39)29(44)33(34,35)36;1-31(2,3)41-30(39)37-13-6-8-22(37)20-40-29-33-26-19-36(27-18-23(38)17-21-7-4-5-9-24(21)27)14-10-25(26)28(34-29)35-15-11-32-12-16-35/h4-5,7,9,17-18,22,43H,6,8,10-16,19-20H2,1-3H3;4-5,7,9,17-18,22,32,38H,6,8,10-16,19-20H2,1-3H3/t2*22-/m00/s1. The highest BCUT2D eigenvalue weighted by atomic mass is 19.4. The number of aromatic nitrogens is 4. The van der Waals surface area contributed by atoms with E-state index >= 15 is 0 Å². The fourth-order valence-electron chi connectivity index (χ4n) is 12.6. The molecule has 88 heavy (non-hydrogen) atoms. The van der Waals surface area contributed by atoms with Gasteiger partial charge in [-0.1, -0.05) is 48.5 Å². The van der Waals surface area contributed by atoms with Crippen molar-refractivity contribution in [3.05, 3.63) is 95.3 Å². The van der Waals surface area contributed by atoms with Crippen LogP contribution in [0, 0.1) is 0 Å². The van der Waals surface area contributed by atoms with Crippen molar-refractivity contribution in [1.82, 2.24) is 40.0 Å². The third-order valence-electron chi connectivity index (χ3n) is 16.7. The lowest BCUT2D eigenvalue weighted by molar-refractivity contribution is -0.185. The molecule has 0 bridgehead atoms. The summed E-state index contributed by atoms with van der Waals surface area (Å²) in [6.07, 6.45) is -0.989. The first-order chi connectivity index (χ1) is 42.0. The van der Waals surface area contributed by atoms with Gasteiger partial charge in [-0.25, -0.2) is 9.59 Å². The second-order valence-electron chi connectivity index (χ2n) is 25.3. The number of amides is 3. The molecular weight excluding hydrogens is 1140 g/mol. The monoisotopic (exact) mass is 1220 g/mol. The number of ether oxygens (including phenoxy) is 4. The van der Waals surface area contributed by atoms with E-state index in [0.29, 0.717) is 63.3 Å². The van der Waals surface area contributed by atoms with Crippen LogP contribution in [0.15, 0.2) is 72.8 Å². The zero-order chi connectivity index (χ0) is 62.1. The number of hydrogen-bond acceptors (Lipinski definition) is 18. The Labute approximate surface area is 510 Å². The molecule has 470 valence electrons. The van der Waals surface area contributed by atoms with Crippen molar-refractivity contribution < 1.29 is 56.7 Å². The normalized spacial score (nSPS) is 19.1. The van der Waals surface area contributed by atoms with Crippen LogP contribution in [0.1, 0.15) is 89.7 Å². The molecule has 6 aliphatic rings. The molecule has 0 radical (unpaired) electrons. The van der Waals surface area contributed by atoms with Crippen molar-refractivity contribution in [3.8, 4) is 23.5 Å². The summed E-state index contributed by atoms with van der Waals surface area (Å²) < 4.78 is 63.0. The smallest absolute Gasteiger partial charge is 0.471 e. The topological polar surface area (TPSA) is 215 Å². The zero-order valence-corrected chi connectivity index (χ0v) is 50.9. The van der Waals surface area contributed by atoms with Crippen LogP contribution in [0.4, 0.5) is 45.8 Å². The van der Waals surface area contributed by atoms with Gasteiger partial charge in [-0.05, 0) is 103 Å². The van der Waals surface area contributed by atoms with Gasteiger partial charge in [-0.3, -0.25) is 4.79 Å². The number of rotatable bonds is 10. The average molecular weight is 1220 g/mol. The second kappa shape index (κ2) is 25.4. The molecule has 8 heterocycles. The number of benzene rings is 4. The van der Waals surface area contributed by atoms with Gasteiger partial charge < -0.3 is 68.8 Å². The minimum absolute atomic E-state index is 0.0812. The Bertz CT molecular complexity index is 3530. The minimum Gasteiger partial charge on any atom is -0.508 e. The SMILES string of the molecule is CC(C)(C)OC(=O)N1CCC[C@H]1COc1nc2c(c(N3CCN(C(=O)C(F)(F)F)CC3)n1)CCN(c1cc(O)cc3ccccc13)C2.CC(C)(C)OC(=O)N1CCC[C@H]1COc1nc2c(c(N3CCNCC3)n1)CCN(c1cc(O)cc3ccccc13)C2. The van der Waals surface area contributed by atoms with Gasteiger partial charge in [0.15, 0.2) is 0 Å². The van der Waals surface area contributed by atoms with E-state index in [1.54, 1.807) is 28.0 Å². The molecule has 6 aliphatic heterocycles. The number of anilines is 4. The first-order valence-electron chi connectivity index (χ1n) is 30.6. The Hall–Kier alpha value is -8.28. The lowest BCUT2D eigenvalue weighted by Crippen LogP contribution is -2.53. The zero-order valence-electron chi connectivity index (χ0n) is 50.9. The molecule has 3 N–H and O–H groups in total. The molecule has 0 saturated carbocycles. The summed E-state index contributed by atoms with van der Waals surface area (Å²) in [5.41, 5.74) is 4.34. The maximum atomic E-state index is 13.1. The van der Waals surface area contributed by atoms with Crippen molar-refractivity contribution in [2.45, 2.75) is 123 Å². The highest BCUT2D eigenvalue weighted by molar-refractivity contribution is 5.97. The van der Waals surface area contributed by atoms with Gasteiger partial charge in [0, 0.05) is 124 Å². The average Bonchev–Trinajstić information content (AvgIpc) is 1.77. The lowest BCUT2D eigenvalue weighted by atomic mass is 10.0. The number of carbonyl (C=O) groups excluding carboxylic acids is 3. The Morgan fingerprint density at radius 2 is 0.989 bits per heavy atom. The molecule has 4 saturated heterocycles. The molecule has 24 heteroatoms. The van der Waals surface area contributed by atoms with Gasteiger partial charge in [0.05, 0.1) is 36.6 Å². The van der Waals surface area contributed by atoms with Gasteiger partial charge in [-0.15, -0.1) is 0 Å². The van der Waals surface area contributed by atoms with Crippen LogP contribution < -0.4 is 34.4 Å². The minimum atomic E-state index is -4.93. The molecule has 6 aromatic rings. The van der Waals surface area contributed by atoms with E-state index in [0.717, 1.165) is 125 Å². The van der Waals surface area contributed by atoms with Crippen LogP contribution in [0.25, 0.3) is 21.5 Å². The number of piperazine rings is 2. The van der Waals surface area contributed by atoms with Crippen LogP contribution >= 0.6 is 0 Å². The van der Waals surface area contributed by atoms with Crippen molar-refractivity contribution in [1.29, 1.82) is 0 Å². The van der Waals surface area contributed by atoms with Gasteiger partial charge in [0.2, 0.25) is 0 Å². The molecule has 3 amide bonds. The number of hydrogen-bond donors (Lipinski definition) is 3. The van der Waals surface area contributed by atoms with Crippen LogP contribution in [0.3, 0.4) is 0 Å². The van der Waals surface area contributed by atoms with E-state index in [1.807, 2.05) is 95.0 Å². The maximum Gasteiger partial charge on any atom is 0.471 e. The number of phenols is 2. The highest BCUT2D eigenvalue weighted by Crippen LogP contribution is 2.39. The lowest BCUT2D eigenvalue weighted by Gasteiger charge is -2.38. The number of alkyl halides is 3. The number of fused-ring (bicyclic) bond motifs is 4. The van der Waals surface area contributed by atoms with E-state index in [9.17, 15) is 37.8 Å². The van der Waals surface area contributed by atoms with E-state index in [-0.39, 0.29) is 68.5 Å². The largest absolute Gasteiger partial charge is 0.508 e. The third kappa shape index (κ3) is 14.2. The van der Waals surface area contributed by atoms with Gasteiger partial charge in [0.1, 0.15) is 47.6 Å². The quantitative estimate of drug-likeness (QED) is 0.117. The van der Waals surface area contributed by atoms with Crippen molar-refractivity contribution >= 4 is 62.6 Å². The third-order valence-corrected chi connectivity index (χ3v) is 16.7. The summed E-state index contributed by atoms with van der Waals surface area (Å²) >= 11 is 0. The highest BCUT2D eigenvalue weighted by Gasteiger charge is 2.44. The molecule has 0 unspecified atom stereocenters. The Kier molecular flexibility index (Phi) is 17.7. The second-order valence-corrected chi connectivity index (χ2v) is 25.3. The number of carbonyl (C=O) groups is 3. The van der Waals surface area contributed by atoms with E-state index in [1.165, 1.54) is 0 Å². The number of likely N-dealkylation sites (tertiary alicyclic amines) is 2. The molecule has 21 nitrogen and oxygen atoms in total. The Morgan fingerprint density at radius 3 is 1.42 bits per heavy atom. The fourth-order valence-corrected chi connectivity index (χ4v) is 12.6. The molecule has 4 fully saturated rings. The van der Waals surface area contributed by atoms with Crippen molar-refractivity contribution in [2.75, 3.05) is 111 Å². The van der Waals surface area contributed by atoms with Crippen molar-refractivity contribution in [2.24, 2.45) is 0 Å². The van der Waals surface area contributed by atoms with Crippen LogP contribution in [-0.4, -0.2) is 184 Å². The maximum absolute atomic E-state index is 13.1. The molecular formula is C64H79F3N12O9. The number of nitrogens with zero attached hydrogens (tertiary/aromatic N) is 11. The Morgan fingerprint density at radius 1 is 0.557 bits per heavy atom. The number of halogens is 3. The molecule has 2 atom stereocenters. The summed E-state index contributed by atoms with van der Waals surface area (Å²) in [6.45, 7) is 18.8. The summed E-state index contributed by atoms with van der Waals surface area (Å²) in [5, 5.41) is 28.4. The van der Waals surface area contributed by atoms with Crippen molar-refractivity contribution in [3.63, 3.8) is 0 Å². The molecule has 2 aromatic heterocycles. The number of phenolic OH excluding ortho intramolecular Hbond substituents is 2. The molecule has 0 aliphatic carbocycles. The van der Waals surface area contributed by atoms with Crippen LogP contribution in [0.5, 0.6) is 23.5 Å².